The van der Waals surface area contributed by atoms with Crippen LogP contribution in [0.1, 0.15) is 37.6 Å². The van der Waals surface area contributed by atoms with Crippen LogP contribution in [0.2, 0.25) is 0 Å². The lowest BCUT2D eigenvalue weighted by atomic mass is 10.1. The highest BCUT2D eigenvalue weighted by Crippen LogP contribution is 2.31. The number of nitrogens with zero attached hydrogens (tertiary/aromatic N) is 2. The topological polar surface area (TPSA) is 72.0 Å². The molecule has 1 amide bonds. The molecule has 128 valence electrons. The highest BCUT2D eigenvalue weighted by Gasteiger charge is 2.17. The van der Waals surface area contributed by atoms with Gasteiger partial charge in [0.1, 0.15) is 0 Å². The number of thioether (sulfide) groups is 2. The monoisotopic (exact) mass is 381 g/mol. The fourth-order valence-electron chi connectivity index (χ4n) is 1.73. The Bertz CT molecular complexity index is 701. The van der Waals surface area contributed by atoms with E-state index in [4.69, 9.17) is 0 Å². The average molecular weight is 382 g/mol. The van der Waals surface area contributed by atoms with Crippen LogP contribution in [0, 0.1) is 0 Å². The third kappa shape index (κ3) is 5.61. The van der Waals surface area contributed by atoms with Crippen LogP contribution < -0.4 is 5.32 Å². The molecule has 0 unspecified atom stereocenters. The molecule has 0 aliphatic carbocycles. The molecule has 1 N–H and O–H groups in total. The van der Waals surface area contributed by atoms with Gasteiger partial charge >= 0.3 is 0 Å². The summed E-state index contributed by atoms with van der Waals surface area (Å²) in [4.78, 5) is 23.5. The number of aromatic nitrogens is 2. The minimum Gasteiger partial charge on any atom is -0.325 e. The van der Waals surface area contributed by atoms with Gasteiger partial charge in [0.25, 0.3) is 0 Å². The van der Waals surface area contributed by atoms with Crippen LogP contribution in [0.5, 0.6) is 0 Å². The van der Waals surface area contributed by atoms with Crippen molar-refractivity contribution in [3.05, 3.63) is 29.8 Å². The van der Waals surface area contributed by atoms with Gasteiger partial charge in [-0.25, -0.2) is 0 Å². The lowest BCUT2D eigenvalue weighted by molar-refractivity contribution is -0.115. The van der Waals surface area contributed by atoms with E-state index in [0.29, 0.717) is 11.3 Å². The summed E-state index contributed by atoms with van der Waals surface area (Å²) in [6, 6.07) is 6.88. The first-order valence-electron chi connectivity index (χ1n) is 7.54. The number of carbonyl (C=O) groups is 2. The van der Waals surface area contributed by atoms with E-state index in [9.17, 15) is 9.59 Å². The maximum absolute atomic E-state index is 12.3. The van der Waals surface area contributed by atoms with Crippen molar-refractivity contribution >= 4 is 52.2 Å². The molecular weight excluding hydrogens is 362 g/mol. The quantitative estimate of drug-likeness (QED) is 0.541. The molecule has 24 heavy (non-hydrogen) atoms. The first-order valence-corrected chi connectivity index (χ1v) is 10.2. The molecular formula is C16H19N3O2S3. The molecule has 1 atom stereocenters. The minimum atomic E-state index is -0.283. The predicted molar refractivity (Wildman–Crippen MR) is 101 cm³/mol. The number of hydrogen-bond acceptors (Lipinski definition) is 7. The molecule has 0 spiro atoms. The van der Waals surface area contributed by atoms with Crippen molar-refractivity contribution in [2.75, 3.05) is 11.1 Å². The highest BCUT2D eigenvalue weighted by molar-refractivity contribution is 8.03. The molecule has 0 radical (unpaired) electrons. The number of nitrogens with one attached hydrogen (secondary N) is 1. The SMILES string of the molecule is CCCSc1nnc(S[C@H](C)C(=O)Nc2ccc(C(C)=O)cc2)s1. The van der Waals surface area contributed by atoms with E-state index < -0.39 is 0 Å². The van der Waals surface area contributed by atoms with Crippen LogP contribution in [0.4, 0.5) is 5.69 Å². The fourth-order valence-corrected chi connectivity index (χ4v) is 4.82. The van der Waals surface area contributed by atoms with Crippen LogP contribution in [0.25, 0.3) is 0 Å². The molecule has 5 nitrogen and oxygen atoms in total. The van der Waals surface area contributed by atoms with Crippen LogP contribution >= 0.6 is 34.9 Å². The van der Waals surface area contributed by atoms with Crippen LogP contribution in [0.3, 0.4) is 0 Å². The number of benzene rings is 1. The van der Waals surface area contributed by atoms with Gasteiger partial charge in [-0.1, -0.05) is 41.8 Å². The van der Waals surface area contributed by atoms with Crippen molar-refractivity contribution in [1.29, 1.82) is 0 Å². The zero-order valence-corrected chi connectivity index (χ0v) is 16.2. The smallest absolute Gasteiger partial charge is 0.237 e. The van der Waals surface area contributed by atoms with E-state index in [0.717, 1.165) is 20.9 Å². The van der Waals surface area contributed by atoms with Crippen LogP contribution in [-0.2, 0) is 4.79 Å². The molecule has 2 aromatic rings. The fraction of sp³-hybridized carbons (Fsp3) is 0.375. The minimum absolute atomic E-state index is 0.00446. The van der Waals surface area contributed by atoms with Gasteiger partial charge in [0.05, 0.1) is 5.25 Å². The molecule has 2 rings (SSSR count). The Kier molecular flexibility index (Phi) is 7.26. The van der Waals surface area contributed by atoms with Crippen molar-refractivity contribution in [2.24, 2.45) is 0 Å². The molecule has 0 fully saturated rings. The highest BCUT2D eigenvalue weighted by atomic mass is 32.2. The summed E-state index contributed by atoms with van der Waals surface area (Å²) >= 11 is 4.60. The van der Waals surface area contributed by atoms with Crippen molar-refractivity contribution in [3.8, 4) is 0 Å². The summed E-state index contributed by atoms with van der Waals surface area (Å²) in [7, 11) is 0. The number of Topliss-reactive ketones (excluding diaryl/α,β-unsaturated/α-hetero) is 1. The Morgan fingerprint density at radius 2 is 1.88 bits per heavy atom. The van der Waals surface area contributed by atoms with Gasteiger partial charge in [0.15, 0.2) is 14.5 Å². The number of hydrogen-bond donors (Lipinski definition) is 1. The lowest BCUT2D eigenvalue weighted by Crippen LogP contribution is -2.22. The largest absolute Gasteiger partial charge is 0.325 e. The summed E-state index contributed by atoms with van der Waals surface area (Å²) < 4.78 is 1.73. The van der Waals surface area contributed by atoms with E-state index in [1.54, 1.807) is 36.0 Å². The zero-order valence-electron chi connectivity index (χ0n) is 13.7. The second-order valence-electron chi connectivity index (χ2n) is 5.07. The Balaban J connectivity index is 1.89. The zero-order chi connectivity index (χ0) is 17.5. The molecule has 1 aromatic carbocycles. The van der Waals surface area contributed by atoms with E-state index in [2.05, 4.69) is 22.4 Å². The normalized spacial score (nSPS) is 12.0. The summed E-state index contributed by atoms with van der Waals surface area (Å²) in [5.41, 5.74) is 1.30. The second kappa shape index (κ2) is 9.19. The summed E-state index contributed by atoms with van der Waals surface area (Å²) in [6.45, 7) is 5.48. The third-order valence-electron chi connectivity index (χ3n) is 3.02. The molecule has 8 heteroatoms. The average Bonchev–Trinajstić information content (AvgIpc) is 3.00. The van der Waals surface area contributed by atoms with E-state index in [1.165, 1.54) is 30.0 Å². The van der Waals surface area contributed by atoms with Crippen molar-refractivity contribution < 1.29 is 9.59 Å². The first-order chi connectivity index (χ1) is 11.5. The maximum Gasteiger partial charge on any atom is 0.237 e. The van der Waals surface area contributed by atoms with Crippen LogP contribution in [-0.4, -0.2) is 32.9 Å². The number of ketones is 1. The number of carbonyl (C=O) groups excluding carboxylic acids is 2. The van der Waals surface area contributed by atoms with Crippen molar-refractivity contribution in [2.45, 2.75) is 41.1 Å². The summed E-state index contributed by atoms with van der Waals surface area (Å²) in [6.07, 6.45) is 1.09. The van der Waals surface area contributed by atoms with E-state index >= 15 is 0 Å². The Hall–Kier alpha value is -1.38. The molecule has 1 aromatic heterocycles. The molecule has 0 bridgehead atoms. The molecule has 0 aliphatic heterocycles. The van der Waals surface area contributed by atoms with Gasteiger partial charge in [-0.15, -0.1) is 10.2 Å². The Labute approximate surface area is 154 Å². The molecule has 0 saturated heterocycles. The van der Waals surface area contributed by atoms with E-state index in [-0.39, 0.29) is 16.9 Å². The Morgan fingerprint density at radius 3 is 2.50 bits per heavy atom. The van der Waals surface area contributed by atoms with Gasteiger partial charge in [-0.05, 0) is 44.5 Å². The van der Waals surface area contributed by atoms with Gasteiger partial charge in [-0.2, -0.15) is 0 Å². The van der Waals surface area contributed by atoms with Gasteiger partial charge in [0.2, 0.25) is 5.91 Å². The molecule has 0 aliphatic rings. The molecule has 0 saturated carbocycles. The number of amides is 1. The summed E-state index contributed by atoms with van der Waals surface area (Å²) in [5.74, 6) is 0.921. The maximum atomic E-state index is 12.3. The number of rotatable bonds is 8. The predicted octanol–water partition coefficient (Wildman–Crippen LogP) is 4.36. The van der Waals surface area contributed by atoms with Gasteiger partial charge in [-0.3, -0.25) is 9.59 Å². The van der Waals surface area contributed by atoms with Crippen molar-refractivity contribution in [1.82, 2.24) is 10.2 Å². The Morgan fingerprint density at radius 1 is 1.21 bits per heavy atom. The van der Waals surface area contributed by atoms with Gasteiger partial charge in [0, 0.05) is 17.0 Å². The summed E-state index contributed by atoms with van der Waals surface area (Å²) in [5, 5.41) is 10.8. The number of anilines is 1. The third-order valence-corrected chi connectivity index (χ3v) is 6.47. The van der Waals surface area contributed by atoms with Crippen molar-refractivity contribution in [3.63, 3.8) is 0 Å². The first kappa shape index (κ1) is 19.0. The van der Waals surface area contributed by atoms with Crippen LogP contribution in [0.15, 0.2) is 32.9 Å². The lowest BCUT2D eigenvalue weighted by Gasteiger charge is -2.10. The molecule has 1 heterocycles. The van der Waals surface area contributed by atoms with E-state index in [1.807, 2.05) is 6.92 Å². The standard InChI is InChI=1S/C16H19N3O2S3/c1-4-9-22-15-18-19-16(24-15)23-11(3)14(21)17-13-7-5-12(6-8-13)10(2)20/h5-8,11H,4,9H2,1-3H3,(H,17,21)/t11-/m1/s1. The van der Waals surface area contributed by atoms with Gasteiger partial charge < -0.3 is 5.32 Å². The second-order valence-corrected chi connectivity index (χ2v) is 8.97.